The van der Waals surface area contributed by atoms with Crippen molar-refractivity contribution in [3.05, 3.63) is 17.7 Å². The number of imidazole rings is 1. The first-order chi connectivity index (χ1) is 6.72. The van der Waals surface area contributed by atoms with Crippen LogP contribution in [0.3, 0.4) is 0 Å². The lowest BCUT2D eigenvalue weighted by molar-refractivity contribution is 0.272. The molecule has 0 fully saturated rings. The van der Waals surface area contributed by atoms with Crippen molar-refractivity contribution in [2.45, 2.75) is 52.4 Å². The van der Waals surface area contributed by atoms with E-state index < -0.39 is 8.32 Å². The Labute approximate surface area is 93.4 Å². The molecule has 0 unspecified atom stereocenters. The van der Waals surface area contributed by atoms with Gasteiger partial charge in [0.25, 0.3) is 0 Å². The van der Waals surface area contributed by atoms with Crippen LogP contribution in [0.1, 0.15) is 32.3 Å². The minimum Gasteiger partial charge on any atom is -0.411 e. The van der Waals surface area contributed by atoms with E-state index in [1.54, 1.807) is 0 Å². The van der Waals surface area contributed by atoms with E-state index in [1.165, 1.54) is 0 Å². The summed E-state index contributed by atoms with van der Waals surface area (Å²) in [6, 6.07) is 0. The van der Waals surface area contributed by atoms with Crippen LogP contribution in [0.5, 0.6) is 0 Å². The summed E-state index contributed by atoms with van der Waals surface area (Å²) < 4.78 is 6.06. The number of aromatic amines is 1. The van der Waals surface area contributed by atoms with E-state index in [9.17, 15) is 0 Å². The van der Waals surface area contributed by atoms with Crippen LogP contribution in [0.15, 0.2) is 6.20 Å². The molecule has 0 saturated heterocycles. The first kappa shape index (κ1) is 12.5. The van der Waals surface area contributed by atoms with Crippen molar-refractivity contribution in [3.8, 4) is 0 Å². The van der Waals surface area contributed by atoms with Gasteiger partial charge in [0.1, 0.15) is 5.82 Å². The maximum atomic E-state index is 6.06. The summed E-state index contributed by atoms with van der Waals surface area (Å²) in [5, 5.41) is 0.266. The van der Waals surface area contributed by atoms with Crippen molar-refractivity contribution in [3.63, 3.8) is 0 Å². The van der Waals surface area contributed by atoms with E-state index in [-0.39, 0.29) is 5.04 Å². The van der Waals surface area contributed by atoms with Crippen LogP contribution in [0.2, 0.25) is 18.1 Å². The first-order valence-electron chi connectivity index (χ1n) is 5.37. The molecule has 1 aromatic heterocycles. The lowest BCUT2D eigenvalue weighted by Gasteiger charge is -2.35. The van der Waals surface area contributed by atoms with Crippen LogP contribution in [0.25, 0.3) is 0 Å². The third-order valence-corrected chi connectivity index (χ3v) is 7.63. The summed E-state index contributed by atoms with van der Waals surface area (Å²) in [6.45, 7) is 13.9. The number of aromatic nitrogens is 2. The molecule has 3 nitrogen and oxygen atoms in total. The zero-order chi connectivity index (χ0) is 11.7. The summed E-state index contributed by atoms with van der Waals surface area (Å²) in [5.41, 5.74) is 1.07. The van der Waals surface area contributed by atoms with E-state index in [1.807, 2.05) is 13.1 Å². The maximum absolute atomic E-state index is 6.06. The largest absolute Gasteiger partial charge is 0.411 e. The third kappa shape index (κ3) is 3.17. The van der Waals surface area contributed by atoms with E-state index in [4.69, 9.17) is 4.43 Å². The number of hydrogen-bond acceptors (Lipinski definition) is 2. The van der Waals surface area contributed by atoms with Gasteiger partial charge in [0, 0.05) is 0 Å². The Morgan fingerprint density at radius 2 is 2.00 bits per heavy atom. The van der Waals surface area contributed by atoms with Crippen molar-refractivity contribution in [1.82, 2.24) is 9.97 Å². The fourth-order valence-corrected chi connectivity index (χ4v) is 1.97. The van der Waals surface area contributed by atoms with Gasteiger partial charge in [-0.2, -0.15) is 0 Å². The molecule has 0 aromatic carbocycles. The number of H-pyrrole nitrogens is 1. The van der Waals surface area contributed by atoms with Gasteiger partial charge in [-0.25, -0.2) is 4.98 Å². The summed E-state index contributed by atoms with van der Waals surface area (Å²) >= 11 is 0. The number of hydrogen-bond donors (Lipinski definition) is 1. The molecule has 0 bridgehead atoms. The maximum Gasteiger partial charge on any atom is 0.192 e. The van der Waals surface area contributed by atoms with E-state index in [0.29, 0.717) is 6.61 Å². The van der Waals surface area contributed by atoms with Crippen molar-refractivity contribution >= 4 is 8.32 Å². The Morgan fingerprint density at radius 1 is 1.40 bits per heavy atom. The number of nitrogens with zero attached hydrogens (tertiary/aromatic N) is 1. The molecular formula is C11H22N2OSi. The molecule has 1 aromatic rings. The van der Waals surface area contributed by atoms with Crippen molar-refractivity contribution in [1.29, 1.82) is 0 Å². The molecule has 0 radical (unpaired) electrons. The average Bonchev–Trinajstić information content (AvgIpc) is 2.46. The van der Waals surface area contributed by atoms with Crippen molar-refractivity contribution in [2.24, 2.45) is 0 Å². The standard InChI is InChI=1S/C11H22N2OSi/c1-9-12-7-10(13-9)8-14-15(5,6)11(2,3)4/h7H,8H2,1-6H3,(H,12,13). The van der Waals surface area contributed by atoms with Crippen LogP contribution in [0.4, 0.5) is 0 Å². The molecule has 86 valence electrons. The molecule has 1 N–H and O–H groups in total. The molecule has 0 aliphatic carbocycles. The Hall–Kier alpha value is -0.613. The highest BCUT2D eigenvalue weighted by atomic mass is 28.4. The fourth-order valence-electron chi connectivity index (χ4n) is 1.02. The molecule has 1 rings (SSSR count). The predicted octanol–water partition coefficient (Wildman–Crippen LogP) is 3.24. The second-order valence-electron chi connectivity index (χ2n) is 5.54. The van der Waals surface area contributed by atoms with Crippen LogP contribution < -0.4 is 0 Å². The Balaban J connectivity index is 2.57. The molecule has 4 heteroatoms. The lowest BCUT2D eigenvalue weighted by Crippen LogP contribution is -2.40. The fraction of sp³-hybridized carbons (Fsp3) is 0.727. The van der Waals surface area contributed by atoms with Crippen LogP contribution in [0, 0.1) is 6.92 Å². The van der Waals surface area contributed by atoms with Crippen LogP contribution in [-0.4, -0.2) is 18.3 Å². The molecule has 0 amide bonds. The topological polar surface area (TPSA) is 37.9 Å². The molecule has 0 spiro atoms. The van der Waals surface area contributed by atoms with Gasteiger partial charge in [-0.15, -0.1) is 0 Å². The quantitative estimate of drug-likeness (QED) is 0.803. The number of rotatable bonds is 3. The van der Waals surface area contributed by atoms with Crippen LogP contribution >= 0.6 is 0 Å². The predicted molar refractivity (Wildman–Crippen MR) is 65.3 cm³/mol. The van der Waals surface area contributed by atoms with Gasteiger partial charge in [-0.05, 0) is 25.1 Å². The zero-order valence-corrected chi connectivity index (χ0v) is 11.6. The second kappa shape index (κ2) is 4.10. The SMILES string of the molecule is Cc1ncc(CO[Si](C)(C)C(C)(C)C)[nH]1. The monoisotopic (exact) mass is 226 g/mol. The highest BCUT2D eigenvalue weighted by molar-refractivity contribution is 6.74. The Bertz CT molecular complexity index is 326. The van der Waals surface area contributed by atoms with Gasteiger partial charge in [0.2, 0.25) is 0 Å². The Morgan fingerprint density at radius 3 is 2.40 bits per heavy atom. The normalized spacial score (nSPS) is 13.2. The number of aryl methyl sites for hydroxylation is 1. The molecule has 1 heterocycles. The molecule has 15 heavy (non-hydrogen) atoms. The molecule has 0 atom stereocenters. The second-order valence-corrected chi connectivity index (χ2v) is 10.4. The third-order valence-electron chi connectivity index (χ3n) is 3.15. The average molecular weight is 226 g/mol. The van der Waals surface area contributed by atoms with Gasteiger partial charge in [0.15, 0.2) is 8.32 Å². The molecule has 0 saturated carbocycles. The number of nitrogens with one attached hydrogen (secondary N) is 1. The zero-order valence-electron chi connectivity index (χ0n) is 10.6. The van der Waals surface area contributed by atoms with Crippen molar-refractivity contribution < 1.29 is 4.43 Å². The van der Waals surface area contributed by atoms with Gasteiger partial charge >= 0.3 is 0 Å². The van der Waals surface area contributed by atoms with Crippen LogP contribution in [-0.2, 0) is 11.0 Å². The lowest BCUT2D eigenvalue weighted by atomic mass is 10.2. The van der Waals surface area contributed by atoms with Gasteiger partial charge in [-0.1, -0.05) is 20.8 Å². The highest BCUT2D eigenvalue weighted by Gasteiger charge is 2.37. The highest BCUT2D eigenvalue weighted by Crippen LogP contribution is 2.36. The van der Waals surface area contributed by atoms with Gasteiger partial charge < -0.3 is 9.41 Å². The van der Waals surface area contributed by atoms with Crippen molar-refractivity contribution in [2.75, 3.05) is 0 Å². The van der Waals surface area contributed by atoms with E-state index >= 15 is 0 Å². The minimum absolute atomic E-state index is 0.266. The summed E-state index contributed by atoms with van der Waals surface area (Å²) in [5.74, 6) is 0.948. The van der Waals surface area contributed by atoms with E-state index in [2.05, 4.69) is 43.8 Å². The molecular weight excluding hydrogens is 204 g/mol. The smallest absolute Gasteiger partial charge is 0.192 e. The Kier molecular flexibility index (Phi) is 3.40. The van der Waals surface area contributed by atoms with Gasteiger partial charge in [0.05, 0.1) is 18.5 Å². The molecule has 0 aliphatic rings. The minimum atomic E-state index is -1.63. The van der Waals surface area contributed by atoms with E-state index in [0.717, 1.165) is 11.5 Å². The van der Waals surface area contributed by atoms with Gasteiger partial charge in [-0.3, -0.25) is 0 Å². The summed E-state index contributed by atoms with van der Waals surface area (Å²) in [4.78, 5) is 7.35. The summed E-state index contributed by atoms with van der Waals surface area (Å²) in [7, 11) is -1.63. The summed E-state index contributed by atoms with van der Waals surface area (Å²) in [6.07, 6.45) is 1.85. The first-order valence-corrected chi connectivity index (χ1v) is 8.28. The molecule has 0 aliphatic heterocycles.